The van der Waals surface area contributed by atoms with E-state index in [1.165, 1.54) is 35.2 Å². The summed E-state index contributed by atoms with van der Waals surface area (Å²) in [4.78, 5) is 29.3. The summed E-state index contributed by atoms with van der Waals surface area (Å²) in [5.41, 5.74) is 1.25. The number of nitrogens with zero attached hydrogens (tertiary/aromatic N) is 2. The molecule has 0 fully saturated rings. The second kappa shape index (κ2) is 15.1. The summed E-state index contributed by atoms with van der Waals surface area (Å²) in [5, 5.41) is 3.70. The Hall–Kier alpha value is -3.27. The van der Waals surface area contributed by atoms with Gasteiger partial charge in [0.2, 0.25) is 11.8 Å². The third kappa shape index (κ3) is 8.06. The molecule has 1 N–H and O–H groups in total. The number of carbonyl (C=O) groups excluding carboxylic acids is 2. The lowest BCUT2D eigenvalue weighted by Crippen LogP contribution is -2.53. The third-order valence-electron chi connectivity index (χ3n) is 6.80. The molecule has 1 unspecified atom stereocenters. The van der Waals surface area contributed by atoms with Gasteiger partial charge in [0.25, 0.3) is 10.0 Å². The van der Waals surface area contributed by atoms with E-state index < -0.39 is 34.4 Å². The number of rotatable bonds is 12. The third-order valence-corrected chi connectivity index (χ3v) is 9.82. The van der Waals surface area contributed by atoms with Gasteiger partial charge in [0.05, 0.1) is 15.6 Å². The Kier molecular flexibility index (Phi) is 11.6. The van der Waals surface area contributed by atoms with E-state index >= 15 is 0 Å². The fourth-order valence-corrected chi connectivity index (χ4v) is 7.15. The van der Waals surface area contributed by atoms with Crippen LogP contribution in [0.15, 0.2) is 102 Å². The zero-order chi connectivity index (χ0) is 31.9. The summed E-state index contributed by atoms with van der Waals surface area (Å²) >= 11 is 25.6. The van der Waals surface area contributed by atoms with Crippen LogP contribution in [-0.4, -0.2) is 44.3 Å². The van der Waals surface area contributed by atoms with Crippen molar-refractivity contribution in [1.29, 1.82) is 0 Å². The van der Waals surface area contributed by atoms with Gasteiger partial charge in [-0.15, -0.1) is 0 Å². The number of anilines is 1. The molecule has 230 valence electrons. The molecule has 7 nitrogen and oxygen atoms in total. The van der Waals surface area contributed by atoms with E-state index in [9.17, 15) is 18.0 Å². The minimum Gasteiger partial charge on any atom is -0.355 e. The molecule has 0 bridgehead atoms. The Balaban J connectivity index is 1.85. The van der Waals surface area contributed by atoms with Crippen LogP contribution in [0.25, 0.3) is 0 Å². The average Bonchev–Trinajstić information content (AvgIpc) is 3.00. The Morgan fingerprint density at radius 3 is 2.00 bits per heavy atom. The zero-order valence-electron chi connectivity index (χ0n) is 23.6. The van der Waals surface area contributed by atoms with E-state index in [2.05, 4.69) is 5.32 Å². The SMILES string of the molecule is CCNC(=O)C(Cc1ccccc1)N(Cc1c(Cl)cccc1Cl)C(=O)CN(c1ccc(Cl)cc1Cl)S(=O)(=O)c1ccccc1. The highest BCUT2D eigenvalue weighted by molar-refractivity contribution is 7.92. The minimum absolute atomic E-state index is 0.0232. The van der Waals surface area contributed by atoms with Crippen molar-refractivity contribution < 1.29 is 18.0 Å². The van der Waals surface area contributed by atoms with Gasteiger partial charge in [-0.3, -0.25) is 13.9 Å². The summed E-state index contributed by atoms with van der Waals surface area (Å²) in [5.74, 6) is -1.10. The number of amides is 2. The van der Waals surface area contributed by atoms with Crippen LogP contribution < -0.4 is 9.62 Å². The van der Waals surface area contributed by atoms with Crippen LogP contribution in [0.2, 0.25) is 20.1 Å². The molecule has 0 aliphatic carbocycles. The lowest BCUT2D eigenvalue weighted by Gasteiger charge is -2.34. The van der Waals surface area contributed by atoms with Crippen LogP contribution in [0.3, 0.4) is 0 Å². The van der Waals surface area contributed by atoms with Crippen molar-refractivity contribution in [3.05, 3.63) is 128 Å². The molecule has 2 amide bonds. The maximum Gasteiger partial charge on any atom is 0.264 e. The summed E-state index contributed by atoms with van der Waals surface area (Å²) in [6.45, 7) is 1.23. The van der Waals surface area contributed by atoms with E-state index in [-0.39, 0.29) is 33.6 Å². The number of hydrogen-bond acceptors (Lipinski definition) is 4. The van der Waals surface area contributed by atoms with Crippen LogP contribution in [-0.2, 0) is 32.6 Å². The molecule has 0 spiro atoms. The van der Waals surface area contributed by atoms with Crippen LogP contribution in [0.4, 0.5) is 5.69 Å². The maximum absolute atomic E-state index is 14.4. The van der Waals surface area contributed by atoms with Crippen LogP contribution in [0, 0.1) is 0 Å². The molecular formula is C32H29Cl4N3O4S. The monoisotopic (exact) mass is 691 g/mol. The van der Waals surface area contributed by atoms with Crippen molar-refractivity contribution in [2.45, 2.75) is 30.8 Å². The molecule has 12 heteroatoms. The molecule has 4 rings (SSSR count). The van der Waals surface area contributed by atoms with Crippen molar-refractivity contribution in [3.8, 4) is 0 Å². The predicted octanol–water partition coefficient (Wildman–Crippen LogP) is 7.27. The summed E-state index contributed by atoms with van der Waals surface area (Å²) in [7, 11) is -4.32. The molecule has 0 aliphatic heterocycles. The Labute approximate surface area is 277 Å². The van der Waals surface area contributed by atoms with E-state index in [0.29, 0.717) is 22.2 Å². The molecule has 4 aromatic carbocycles. The van der Waals surface area contributed by atoms with E-state index in [4.69, 9.17) is 46.4 Å². The average molecular weight is 693 g/mol. The number of likely N-dealkylation sites (N-methyl/N-ethyl adjacent to an activating group) is 1. The van der Waals surface area contributed by atoms with Crippen molar-refractivity contribution in [3.63, 3.8) is 0 Å². The molecular weight excluding hydrogens is 664 g/mol. The summed E-state index contributed by atoms with van der Waals surface area (Å²) in [6.07, 6.45) is 0.146. The van der Waals surface area contributed by atoms with Gasteiger partial charge >= 0.3 is 0 Å². The van der Waals surface area contributed by atoms with Crippen LogP contribution >= 0.6 is 46.4 Å². The topological polar surface area (TPSA) is 86.8 Å². The second-order valence-corrected chi connectivity index (χ2v) is 13.3. The summed E-state index contributed by atoms with van der Waals surface area (Å²) in [6, 6.07) is 25.1. The van der Waals surface area contributed by atoms with Gasteiger partial charge < -0.3 is 10.2 Å². The molecule has 1 atom stereocenters. The minimum atomic E-state index is -4.32. The van der Waals surface area contributed by atoms with Gasteiger partial charge in [-0.2, -0.15) is 0 Å². The van der Waals surface area contributed by atoms with Gasteiger partial charge in [0.15, 0.2) is 0 Å². The molecule has 0 saturated carbocycles. The normalized spacial score (nSPS) is 11.9. The highest BCUT2D eigenvalue weighted by Gasteiger charge is 2.35. The van der Waals surface area contributed by atoms with Gasteiger partial charge in [0.1, 0.15) is 12.6 Å². The largest absolute Gasteiger partial charge is 0.355 e. The molecule has 0 radical (unpaired) electrons. The molecule has 0 aromatic heterocycles. The lowest BCUT2D eigenvalue weighted by atomic mass is 10.0. The van der Waals surface area contributed by atoms with Crippen LogP contribution in [0.1, 0.15) is 18.1 Å². The smallest absolute Gasteiger partial charge is 0.264 e. The van der Waals surface area contributed by atoms with Crippen molar-refractivity contribution >= 4 is 73.9 Å². The second-order valence-electron chi connectivity index (χ2n) is 9.74. The number of sulfonamides is 1. The van der Waals surface area contributed by atoms with Gasteiger partial charge in [-0.05, 0) is 55.0 Å². The maximum atomic E-state index is 14.4. The van der Waals surface area contributed by atoms with Crippen molar-refractivity contribution in [2.75, 3.05) is 17.4 Å². The number of halogens is 4. The first kappa shape index (κ1) is 33.6. The fraction of sp³-hybridized carbons (Fsp3) is 0.188. The fourth-order valence-electron chi connectivity index (χ4n) is 4.62. The van der Waals surface area contributed by atoms with Gasteiger partial charge in [-0.25, -0.2) is 8.42 Å². The molecule has 0 saturated heterocycles. The van der Waals surface area contributed by atoms with Crippen molar-refractivity contribution in [2.24, 2.45) is 0 Å². The Morgan fingerprint density at radius 1 is 0.795 bits per heavy atom. The van der Waals surface area contributed by atoms with Gasteiger partial charge in [0, 0.05) is 40.1 Å². The first-order valence-electron chi connectivity index (χ1n) is 13.6. The van der Waals surface area contributed by atoms with E-state index in [1.807, 2.05) is 30.3 Å². The Morgan fingerprint density at radius 2 is 1.41 bits per heavy atom. The predicted molar refractivity (Wildman–Crippen MR) is 177 cm³/mol. The number of benzene rings is 4. The van der Waals surface area contributed by atoms with Gasteiger partial charge in [-0.1, -0.05) is 101 Å². The lowest BCUT2D eigenvalue weighted by molar-refractivity contribution is -0.140. The quantitative estimate of drug-likeness (QED) is 0.169. The highest BCUT2D eigenvalue weighted by Crippen LogP contribution is 2.33. The zero-order valence-corrected chi connectivity index (χ0v) is 27.4. The van der Waals surface area contributed by atoms with E-state index in [1.54, 1.807) is 43.3 Å². The first-order chi connectivity index (χ1) is 21.0. The highest BCUT2D eigenvalue weighted by atomic mass is 35.5. The Bertz CT molecular complexity index is 1700. The molecule has 0 heterocycles. The number of hydrogen-bond donors (Lipinski definition) is 1. The number of nitrogens with one attached hydrogen (secondary N) is 1. The molecule has 4 aromatic rings. The van der Waals surface area contributed by atoms with Crippen molar-refractivity contribution in [1.82, 2.24) is 10.2 Å². The van der Waals surface area contributed by atoms with E-state index in [0.717, 1.165) is 9.87 Å². The first-order valence-corrected chi connectivity index (χ1v) is 16.5. The number of carbonyl (C=O) groups is 2. The molecule has 0 aliphatic rings. The summed E-state index contributed by atoms with van der Waals surface area (Å²) < 4.78 is 29.0. The molecule has 44 heavy (non-hydrogen) atoms. The van der Waals surface area contributed by atoms with Crippen LogP contribution in [0.5, 0.6) is 0 Å². The standard InChI is InChI=1S/C32H29Cl4N3O4S/c1-2-37-32(41)30(18-22-10-5-3-6-11-22)38(20-25-26(34)14-9-15-27(25)35)31(40)21-39(29-17-16-23(33)19-28(29)36)44(42,43)24-12-7-4-8-13-24/h3-17,19,30H,2,18,20-21H2,1H3,(H,37,41).